The molecule has 0 bridgehead atoms. The summed E-state index contributed by atoms with van der Waals surface area (Å²) in [6, 6.07) is 0.380. The Balaban J connectivity index is 1.88. The Morgan fingerprint density at radius 3 is 2.64 bits per heavy atom. The van der Waals surface area contributed by atoms with E-state index in [0.717, 1.165) is 39.0 Å². The Morgan fingerprint density at radius 1 is 1.27 bits per heavy atom. The first-order valence-corrected chi connectivity index (χ1v) is 4.35. The molecule has 2 aliphatic heterocycles. The molecule has 1 unspecified atom stereocenters. The lowest BCUT2D eigenvalue weighted by molar-refractivity contribution is -0.112. The van der Waals surface area contributed by atoms with Gasteiger partial charge in [-0.15, -0.1) is 0 Å². The van der Waals surface area contributed by atoms with Crippen molar-refractivity contribution in [1.82, 2.24) is 4.90 Å². The second-order valence-electron chi connectivity index (χ2n) is 3.36. The van der Waals surface area contributed by atoms with Gasteiger partial charge >= 0.3 is 0 Å². The zero-order chi connectivity index (χ0) is 7.68. The van der Waals surface area contributed by atoms with Gasteiger partial charge in [-0.2, -0.15) is 0 Å². The number of nitrogens with zero attached hydrogens (tertiary/aromatic N) is 1. The van der Waals surface area contributed by atoms with Gasteiger partial charge in [0.25, 0.3) is 0 Å². The summed E-state index contributed by atoms with van der Waals surface area (Å²) in [4.78, 5) is 1.95. The van der Waals surface area contributed by atoms with Crippen LogP contribution in [0.3, 0.4) is 0 Å². The number of likely N-dealkylation sites (tertiary alicyclic amines) is 1. The summed E-state index contributed by atoms with van der Waals surface area (Å²) in [5.41, 5.74) is 0. The normalized spacial score (nSPS) is 35.2. The molecule has 2 nitrogen and oxygen atoms in total. The van der Waals surface area contributed by atoms with Gasteiger partial charge in [0.1, 0.15) is 0 Å². The van der Waals surface area contributed by atoms with Crippen molar-refractivity contribution in [1.29, 1.82) is 0 Å². The molecule has 3 heteroatoms. The molecule has 0 N–H and O–H groups in total. The molecule has 64 valence electrons. The Kier molecular flexibility index (Phi) is 2.09. The molecule has 2 rings (SSSR count). The highest BCUT2D eigenvalue weighted by Gasteiger charge is 2.32. The highest BCUT2D eigenvalue weighted by atomic mass is 19.1. The smallest absolute Gasteiger partial charge is 0.154 e. The summed E-state index contributed by atoms with van der Waals surface area (Å²) in [5.74, 6) is 0. The fourth-order valence-electron chi connectivity index (χ4n) is 1.74. The van der Waals surface area contributed by atoms with Gasteiger partial charge in [-0.25, -0.2) is 4.39 Å². The molecule has 0 radical (unpaired) electrons. The third-order valence-electron chi connectivity index (χ3n) is 2.56. The Bertz CT molecular complexity index is 136. The van der Waals surface area contributed by atoms with Crippen molar-refractivity contribution >= 4 is 0 Å². The van der Waals surface area contributed by atoms with Crippen LogP contribution in [-0.4, -0.2) is 37.0 Å². The van der Waals surface area contributed by atoms with Gasteiger partial charge in [-0.05, 0) is 19.3 Å². The van der Waals surface area contributed by atoms with Crippen LogP contribution in [0.4, 0.5) is 4.39 Å². The van der Waals surface area contributed by atoms with E-state index in [1.807, 2.05) is 4.90 Å². The van der Waals surface area contributed by atoms with Crippen LogP contribution in [0.5, 0.6) is 0 Å². The monoisotopic (exact) mass is 159 g/mol. The van der Waals surface area contributed by atoms with Crippen molar-refractivity contribution in [3.05, 3.63) is 0 Å². The van der Waals surface area contributed by atoms with Gasteiger partial charge in [0.15, 0.2) is 6.30 Å². The van der Waals surface area contributed by atoms with E-state index in [1.54, 1.807) is 0 Å². The lowest BCUT2D eigenvalue weighted by Crippen LogP contribution is -2.53. The van der Waals surface area contributed by atoms with Crippen molar-refractivity contribution in [3.63, 3.8) is 0 Å². The molecule has 2 fully saturated rings. The predicted octanol–water partition coefficient (Wildman–Crippen LogP) is 1.17. The van der Waals surface area contributed by atoms with E-state index in [0.29, 0.717) is 6.04 Å². The van der Waals surface area contributed by atoms with Gasteiger partial charge in [-0.3, -0.25) is 4.90 Å². The number of rotatable bonds is 1. The molecule has 0 spiro atoms. The van der Waals surface area contributed by atoms with Gasteiger partial charge in [0, 0.05) is 6.54 Å². The van der Waals surface area contributed by atoms with E-state index < -0.39 is 6.30 Å². The van der Waals surface area contributed by atoms with Crippen molar-refractivity contribution in [2.45, 2.75) is 31.6 Å². The van der Waals surface area contributed by atoms with Gasteiger partial charge < -0.3 is 4.74 Å². The first kappa shape index (κ1) is 7.50. The van der Waals surface area contributed by atoms with Gasteiger partial charge in [0.05, 0.1) is 19.3 Å². The summed E-state index contributed by atoms with van der Waals surface area (Å²) < 4.78 is 18.2. The van der Waals surface area contributed by atoms with E-state index >= 15 is 0 Å². The van der Waals surface area contributed by atoms with Gasteiger partial charge in [0.2, 0.25) is 0 Å². The fraction of sp³-hybridized carbons (Fsp3) is 1.00. The zero-order valence-corrected chi connectivity index (χ0v) is 6.63. The van der Waals surface area contributed by atoms with Crippen molar-refractivity contribution in [2.24, 2.45) is 0 Å². The molecule has 0 amide bonds. The van der Waals surface area contributed by atoms with E-state index in [1.165, 1.54) is 0 Å². The third kappa shape index (κ3) is 1.40. The molecule has 2 heterocycles. The largest absolute Gasteiger partial charge is 0.378 e. The average Bonchev–Trinajstić information content (AvgIpc) is 1.90. The van der Waals surface area contributed by atoms with Crippen LogP contribution in [0.25, 0.3) is 0 Å². The van der Waals surface area contributed by atoms with E-state index in [4.69, 9.17) is 4.74 Å². The molecule has 2 aliphatic rings. The molecular formula is C8H14FNO. The first-order valence-electron chi connectivity index (χ1n) is 4.35. The quantitative estimate of drug-likeness (QED) is 0.532. The molecule has 2 saturated heterocycles. The van der Waals surface area contributed by atoms with E-state index in [2.05, 4.69) is 0 Å². The number of hydrogen-bond acceptors (Lipinski definition) is 2. The first-order chi connectivity index (χ1) is 5.38. The second-order valence-corrected chi connectivity index (χ2v) is 3.36. The topological polar surface area (TPSA) is 12.5 Å². The Hall–Kier alpha value is -0.150. The van der Waals surface area contributed by atoms with Crippen LogP contribution >= 0.6 is 0 Å². The maximum Gasteiger partial charge on any atom is 0.154 e. The Labute approximate surface area is 66.3 Å². The zero-order valence-electron chi connectivity index (χ0n) is 6.63. The summed E-state index contributed by atoms with van der Waals surface area (Å²) >= 11 is 0. The minimum Gasteiger partial charge on any atom is -0.378 e. The maximum absolute atomic E-state index is 13.2. The lowest BCUT2D eigenvalue weighted by atomic mass is 10.1. The maximum atomic E-state index is 13.2. The summed E-state index contributed by atoms with van der Waals surface area (Å²) in [6.07, 6.45) is 2.22. The summed E-state index contributed by atoms with van der Waals surface area (Å²) in [5, 5.41) is 0. The number of hydrogen-bond donors (Lipinski definition) is 0. The van der Waals surface area contributed by atoms with Crippen LogP contribution in [0, 0.1) is 0 Å². The highest BCUT2D eigenvalue weighted by molar-refractivity contribution is 4.81. The van der Waals surface area contributed by atoms with Crippen LogP contribution in [-0.2, 0) is 4.74 Å². The number of alkyl halides is 1. The van der Waals surface area contributed by atoms with E-state index in [-0.39, 0.29) is 0 Å². The lowest BCUT2D eigenvalue weighted by Gasteiger charge is -2.41. The molecule has 0 aliphatic carbocycles. The van der Waals surface area contributed by atoms with Crippen molar-refractivity contribution < 1.29 is 9.13 Å². The Morgan fingerprint density at radius 2 is 2.09 bits per heavy atom. The van der Waals surface area contributed by atoms with Crippen LogP contribution in [0.1, 0.15) is 19.3 Å². The number of ether oxygens (including phenoxy) is 1. The molecule has 0 saturated carbocycles. The van der Waals surface area contributed by atoms with Crippen LogP contribution in [0.2, 0.25) is 0 Å². The van der Waals surface area contributed by atoms with Crippen LogP contribution in [0.15, 0.2) is 0 Å². The summed E-state index contributed by atoms with van der Waals surface area (Å²) in [6.45, 7) is 2.40. The number of piperidine rings is 1. The predicted molar refractivity (Wildman–Crippen MR) is 40.1 cm³/mol. The molecule has 0 aromatic carbocycles. The van der Waals surface area contributed by atoms with Crippen molar-refractivity contribution in [2.75, 3.05) is 19.8 Å². The minimum absolute atomic E-state index is 0.380. The third-order valence-corrected chi connectivity index (χ3v) is 2.56. The highest BCUT2D eigenvalue weighted by Crippen LogP contribution is 2.23. The fourth-order valence-corrected chi connectivity index (χ4v) is 1.74. The SMILES string of the molecule is FC1CCCCN1C1COC1. The van der Waals surface area contributed by atoms with Crippen molar-refractivity contribution in [3.8, 4) is 0 Å². The minimum atomic E-state index is -0.697. The molecule has 0 aromatic rings. The molecular weight excluding hydrogens is 145 g/mol. The molecule has 11 heavy (non-hydrogen) atoms. The standard InChI is InChI=1S/C8H14FNO/c9-8-3-1-2-4-10(8)7-5-11-6-7/h7-8H,1-6H2. The summed E-state index contributed by atoms with van der Waals surface area (Å²) in [7, 11) is 0. The van der Waals surface area contributed by atoms with Crippen LogP contribution < -0.4 is 0 Å². The molecule has 1 atom stereocenters. The number of halogens is 1. The second kappa shape index (κ2) is 3.07. The van der Waals surface area contributed by atoms with E-state index in [9.17, 15) is 4.39 Å². The van der Waals surface area contributed by atoms with Gasteiger partial charge in [-0.1, -0.05) is 0 Å². The molecule has 0 aromatic heterocycles. The average molecular weight is 159 g/mol.